The van der Waals surface area contributed by atoms with E-state index in [4.69, 9.17) is 10.5 Å². The lowest BCUT2D eigenvalue weighted by atomic mass is 9.96. The summed E-state index contributed by atoms with van der Waals surface area (Å²) in [6.07, 6.45) is 0. The van der Waals surface area contributed by atoms with Gasteiger partial charge in [0.15, 0.2) is 0 Å². The van der Waals surface area contributed by atoms with Crippen LogP contribution < -0.4 is 11.1 Å². The van der Waals surface area contributed by atoms with E-state index < -0.39 is 21.3 Å². The van der Waals surface area contributed by atoms with Crippen molar-refractivity contribution < 1.29 is 22.7 Å². The number of rotatable bonds is 4. The molecule has 0 spiro atoms. The van der Waals surface area contributed by atoms with E-state index in [9.17, 15) is 18.0 Å². The fraction of sp³-hybridized carbons (Fsp3) is 0.571. The number of primary amides is 1. The maximum atomic E-state index is 12.7. The first-order valence-electron chi connectivity index (χ1n) is 7.36. The molecular weight excluding hydrogens is 354 g/mol. The van der Waals surface area contributed by atoms with Crippen LogP contribution in [0, 0.1) is 5.41 Å². The summed E-state index contributed by atoms with van der Waals surface area (Å²) >= 11 is 0.830. The highest BCUT2D eigenvalue weighted by Crippen LogP contribution is 2.34. The predicted molar refractivity (Wildman–Crippen MR) is 90.5 cm³/mol. The zero-order chi connectivity index (χ0) is 18.1. The van der Waals surface area contributed by atoms with Crippen molar-refractivity contribution in [2.75, 3.05) is 31.6 Å². The Balaban J connectivity index is 2.37. The molecule has 1 fully saturated rings. The average Bonchev–Trinajstić information content (AvgIpc) is 2.92. The zero-order valence-corrected chi connectivity index (χ0v) is 15.4. The van der Waals surface area contributed by atoms with Crippen LogP contribution in [0.3, 0.4) is 0 Å². The quantitative estimate of drug-likeness (QED) is 0.809. The third-order valence-electron chi connectivity index (χ3n) is 3.45. The Kier molecular flexibility index (Phi) is 5.33. The summed E-state index contributed by atoms with van der Waals surface area (Å²) in [5.74, 6) is -1.12. The summed E-state index contributed by atoms with van der Waals surface area (Å²) in [5.41, 5.74) is 4.62. The van der Waals surface area contributed by atoms with Crippen molar-refractivity contribution in [1.82, 2.24) is 4.31 Å². The van der Waals surface area contributed by atoms with Crippen molar-refractivity contribution in [3.63, 3.8) is 0 Å². The molecule has 10 heteroatoms. The number of thiophene rings is 1. The molecule has 0 atom stereocenters. The lowest BCUT2D eigenvalue weighted by molar-refractivity contribution is -0.123. The molecule has 1 aliphatic rings. The molecule has 0 bridgehead atoms. The van der Waals surface area contributed by atoms with Crippen LogP contribution in [0.2, 0.25) is 0 Å². The van der Waals surface area contributed by atoms with Gasteiger partial charge in [-0.05, 0) is 6.07 Å². The number of ether oxygens (including phenoxy) is 1. The van der Waals surface area contributed by atoms with E-state index in [1.807, 2.05) is 0 Å². The van der Waals surface area contributed by atoms with Gasteiger partial charge in [-0.15, -0.1) is 11.3 Å². The van der Waals surface area contributed by atoms with Gasteiger partial charge in [0.25, 0.3) is 15.9 Å². The summed E-state index contributed by atoms with van der Waals surface area (Å²) < 4.78 is 31.8. The van der Waals surface area contributed by atoms with Gasteiger partial charge in [-0.2, -0.15) is 4.31 Å². The molecule has 2 amide bonds. The first-order chi connectivity index (χ1) is 11.0. The van der Waals surface area contributed by atoms with E-state index >= 15 is 0 Å². The second-order valence-electron chi connectivity index (χ2n) is 6.39. The second-order valence-corrected chi connectivity index (χ2v) is 9.61. The van der Waals surface area contributed by atoms with Gasteiger partial charge >= 0.3 is 0 Å². The van der Waals surface area contributed by atoms with Crippen molar-refractivity contribution in [2.45, 2.75) is 25.0 Å². The van der Waals surface area contributed by atoms with E-state index in [2.05, 4.69) is 5.32 Å². The number of carbonyl (C=O) groups excluding carboxylic acids is 2. The van der Waals surface area contributed by atoms with Crippen LogP contribution in [0.4, 0.5) is 5.00 Å². The molecular formula is C14H21N3O5S2. The van der Waals surface area contributed by atoms with Crippen molar-refractivity contribution in [1.29, 1.82) is 0 Å². The van der Waals surface area contributed by atoms with Crippen molar-refractivity contribution in [3.8, 4) is 0 Å². The van der Waals surface area contributed by atoms with Crippen LogP contribution in [0.5, 0.6) is 0 Å². The lowest BCUT2D eigenvalue weighted by Gasteiger charge is -2.25. The molecule has 0 radical (unpaired) electrons. The number of hydrogen-bond acceptors (Lipinski definition) is 6. The number of nitrogens with two attached hydrogens (primary N) is 1. The van der Waals surface area contributed by atoms with Gasteiger partial charge in [0.2, 0.25) is 5.91 Å². The number of anilines is 1. The Morgan fingerprint density at radius 2 is 1.88 bits per heavy atom. The summed E-state index contributed by atoms with van der Waals surface area (Å²) in [6.45, 7) is 6.27. The minimum absolute atomic E-state index is 0.00978. The summed E-state index contributed by atoms with van der Waals surface area (Å²) in [7, 11) is -3.76. The van der Waals surface area contributed by atoms with E-state index in [-0.39, 0.29) is 33.8 Å². The van der Waals surface area contributed by atoms with Gasteiger partial charge in [0.05, 0.1) is 18.8 Å². The standard InChI is InChI=1S/C14H21N3O5S2/c1-14(2,3)13(19)16-12-9(11(15)18)8-10(23-12)24(20,21)17-4-6-22-7-5-17/h8H,4-7H2,1-3H3,(H2,15,18)(H,16,19). The third-order valence-corrected chi connectivity index (χ3v) is 6.85. The molecule has 8 nitrogen and oxygen atoms in total. The van der Waals surface area contributed by atoms with Crippen LogP contribution >= 0.6 is 11.3 Å². The number of nitrogens with zero attached hydrogens (tertiary/aromatic N) is 1. The Bertz CT molecular complexity index is 743. The van der Waals surface area contributed by atoms with Gasteiger partial charge < -0.3 is 15.8 Å². The highest BCUT2D eigenvalue weighted by atomic mass is 32.2. The normalized spacial score (nSPS) is 16.8. The number of hydrogen-bond donors (Lipinski definition) is 2. The van der Waals surface area contributed by atoms with Crippen LogP contribution in [0.25, 0.3) is 0 Å². The highest BCUT2D eigenvalue weighted by Gasteiger charge is 2.31. The first-order valence-corrected chi connectivity index (χ1v) is 9.62. The van der Waals surface area contributed by atoms with Crippen molar-refractivity contribution in [2.24, 2.45) is 11.1 Å². The molecule has 24 heavy (non-hydrogen) atoms. The van der Waals surface area contributed by atoms with Gasteiger partial charge in [0.1, 0.15) is 9.21 Å². The topological polar surface area (TPSA) is 119 Å². The minimum Gasteiger partial charge on any atom is -0.379 e. The molecule has 134 valence electrons. The van der Waals surface area contributed by atoms with Gasteiger partial charge in [-0.1, -0.05) is 20.8 Å². The summed E-state index contributed by atoms with van der Waals surface area (Å²) in [6, 6.07) is 1.22. The number of sulfonamides is 1. The van der Waals surface area contributed by atoms with Crippen LogP contribution in [-0.4, -0.2) is 50.8 Å². The number of morpholine rings is 1. The smallest absolute Gasteiger partial charge is 0.252 e. The Morgan fingerprint density at radius 1 is 1.29 bits per heavy atom. The monoisotopic (exact) mass is 375 g/mol. The van der Waals surface area contributed by atoms with E-state index in [1.54, 1.807) is 20.8 Å². The minimum atomic E-state index is -3.76. The zero-order valence-electron chi connectivity index (χ0n) is 13.8. The Hall–Kier alpha value is -1.49. The van der Waals surface area contributed by atoms with E-state index in [0.29, 0.717) is 13.2 Å². The predicted octanol–water partition coefficient (Wildman–Crippen LogP) is 0.852. The SMILES string of the molecule is CC(C)(C)C(=O)Nc1sc(S(=O)(=O)N2CCOCC2)cc1C(N)=O. The lowest BCUT2D eigenvalue weighted by Crippen LogP contribution is -2.40. The molecule has 0 saturated carbocycles. The summed E-state index contributed by atoms with van der Waals surface area (Å²) in [5, 5.41) is 2.75. The Labute approximate surface area is 145 Å². The van der Waals surface area contributed by atoms with Gasteiger partial charge in [-0.3, -0.25) is 9.59 Å². The fourth-order valence-electron chi connectivity index (χ4n) is 1.98. The molecule has 0 unspecified atom stereocenters. The largest absolute Gasteiger partial charge is 0.379 e. The Morgan fingerprint density at radius 3 is 2.38 bits per heavy atom. The molecule has 3 N–H and O–H groups in total. The number of carbonyl (C=O) groups is 2. The molecule has 1 aromatic rings. The first kappa shape index (κ1) is 18.8. The number of amides is 2. The maximum absolute atomic E-state index is 12.7. The third kappa shape index (κ3) is 3.94. The fourth-order valence-corrected chi connectivity index (χ4v) is 4.91. The maximum Gasteiger partial charge on any atom is 0.252 e. The highest BCUT2D eigenvalue weighted by molar-refractivity contribution is 7.91. The molecule has 2 heterocycles. The van der Waals surface area contributed by atoms with E-state index in [1.165, 1.54) is 10.4 Å². The molecule has 1 saturated heterocycles. The molecule has 1 aliphatic heterocycles. The average molecular weight is 375 g/mol. The van der Waals surface area contributed by atoms with Gasteiger partial charge in [-0.25, -0.2) is 8.42 Å². The van der Waals surface area contributed by atoms with Crippen LogP contribution in [0.15, 0.2) is 10.3 Å². The van der Waals surface area contributed by atoms with Crippen molar-refractivity contribution >= 4 is 38.2 Å². The van der Waals surface area contributed by atoms with Crippen LogP contribution in [-0.2, 0) is 19.6 Å². The van der Waals surface area contributed by atoms with E-state index in [0.717, 1.165) is 11.3 Å². The number of nitrogens with one attached hydrogen (secondary N) is 1. The molecule has 0 aromatic carbocycles. The van der Waals surface area contributed by atoms with Crippen LogP contribution in [0.1, 0.15) is 31.1 Å². The molecule has 1 aromatic heterocycles. The second kappa shape index (κ2) is 6.79. The van der Waals surface area contributed by atoms with Gasteiger partial charge in [0, 0.05) is 18.5 Å². The van der Waals surface area contributed by atoms with Crippen molar-refractivity contribution in [3.05, 3.63) is 11.6 Å². The summed E-state index contributed by atoms with van der Waals surface area (Å²) in [4.78, 5) is 23.8. The molecule has 2 rings (SSSR count). The molecule has 0 aliphatic carbocycles.